The third-order valence-corrected chi connectivity index (χ3v) is 2.43. The molecule has 0 spiro atoms. The fourth-order valence-corrected chi connectivity index (χ4v) is 1.52. The Morgan fingerprint density at radius 1 is 1.40 bits per heavy atom. The largest absolute Gasteiger partial charge is 0.497 e. The zero-order valence-corrected chi connectivity index (χ0v) is 9.79. The molecular formula is C12H20N2O. The Balaban J connectivity index is 2.72. The Hall–Kier alpha value is -1.22. The van der Waals surface area contributed by atoms with E-state index >= 15 is 0 Å². The van der Waals surface area contributed by atoms with Crippen LogP contribution in [0.3, 0.4) is 0 Å². The number of nitrogens with one attached hydrogen (secondary N) is 1. The molecule has 15 heavy (non-hydrogen) atoms. The van der Waals surface area contributed by atoms with Crippen LogP contribution in [0.1, 0.15) is 6.92 Å². The average molecular weight is 208 g/mol. The van der Waals surface area contributed by atoms with Gasteiger partial charge in [0.2, 0.25) is 0 Å². The van der Waals surface area contributed by atoms with E-state index in [-0.39, 0.29) is 0 Å². The van der Waals surface area contributed by atoms with E-state index in [0.29, 0.717) is 0 Å². The van der Waals surface area contributed by atoms with Gasteiger partial charge in [0.25, 0.3) is 0 Å². The molecular weight excluding hydrogens is 188 g/mol. The van der Waals surface area contributed by atoms with Crippen molar-refractivity contribution >= 4 is 5.69 Å². The molecule has 0 unspecified atom stereocenters. The average Bonchev–Trinajstić information content (AvgIpc) is 2.30. The van der Waals surface area contributed by atoms with E-state index in [1.54, 1.807) is 7.11 Å². The summed E-state index contributed by atoms with van der Waals surface area (Å²) in [6, 6.07) is 8.17. The van der Waals surface area contributed by atoms with Crippen LogP contribution in [0.15, 0.2) is 24.3 Å². The van der Waals surface area contributed by atoms with E-state index in [1.165, 1.54) is 5.69 Å². The van der Waals surface area contributed by atoms with Crippen LogP contribution < -0.4 is 15.0 Å². The molecule has 1 aromatic rings. The smallest absolute Gasteiger partial charge is 0.120 e. The van der Waals surface area contributed by atoms with Crippen molar-refractivity contribution < 1.29 is 4.74 Å². The van der Waals surface area contributed by atoms with E-state index in [4.69, 9.17) is 4.74 Å². The summed E-state index contributed by atoms with van der Waals surface area (Å²) in [5.41, 5.74) is 1.21. The molecule has 1 rings (SSSR count). The highest BCUT2D eigenvalue weighted by Crippen LogP contribution is 2.20. The topological polar surface area (TPSA) is 24.5 Å². The number of anilines is 1. The van der Waals surface area contributed by atoms with Crippen molar-refractivity contribution in [2.75, 3.05) is 38.7 Å². The second-order valence-corrected chi connectivity index (χ2v) is 3.38. The molecule has 0 atom stereocenters. The second-order valence-electron chi connectivity index (χ2n) is 3.38. The first kappa shape index (κ1) is 11.9. The fraction of sp³-hybridized carbons (Fsp3) is 0.500. The lowest BCUT2D eigenvalue weighted by Crippen LogP contribution is -2.30. The number of methoxy groups -OCH3 is 1. The molecule has 0 aliphatic carbocycles. The molecule has 0 fully saturated rings. The van der Waals surface area contributed by atoms with Gasteiger partial charge < -0.3 is 15.0 Å². The quantitative estimate of drug-likeness (QED) is 0.770. The molecule has 3 nitrogen and oxygen atoms in total. The molecule has 0 saturated carbocycles. The first-order valence-electron chi connectivity index (χ1n) is 5.35. The minimum Gasteiger partial charge on any atom is -0.497 e. The second kappa shape index (κ2) is 6.30. The van der Waals surface area contributed by atoms with Crippen molar-refractivity contribution in [3.63, 3.8) is 0 Å². The summed E-state index contributed by atoms with van der Waals surface area (Å²) in [6.45, 7) is 5.18. The van der Waals surface area contributed by atoms with Crippen LogP contribution in [0.2, 0.25) is 0 Å². The number of rotatable bonds is 6. The van der Waals surface area contributed by atoms with E-state index in [1.807, 2.05) is 19.2 Å². The number of hydrogen-bond acceptors (Lipinski definition) is 3. The van der Waals surface area contributed by atoms with Crippen molar-refractivity contribution in [1.82, 2.24) is 5.32 Å². The van der Waals surface area contributed by atoms with Gasteiger partial charge in [0, 0.05) is 31.4 Å². The predicted molar refractivity (Wildman–Crippen MR) is 64.8 cm³/mol. The minimum atomic E-state index is 0.912. The Kier molecular flexibility index (Phi) is 4.98. The zero-order chi connectivity index (χ0) is 11.1. The van der Waals surface area contributed by atoms with Crippen LogP contribution in [0, 0.1) is 0 Å². The third kappa shape index (κ3) is 3.44. The molecule has 0 amide bonds. The van der Waals surface area contributed by atoms with Crippen molar-refractivity contribution in [1.29, 1.82) is 0 Å². The van der Waals surface area contributed by atoms with Crippen LogP contribution >= 0.6 is 0 Å². The van der Waals surface area contributed by atoms with Gasteiger partial charge in [-0.25, -0.2) is 0 Å². The number of likely N-dealkylation sites (N-methyl/N-ethyl adjacent to an activating group) is 2. The third-order valence-electron chi connectivity index (χ3n) is 2.43. The molecule has 1 N–H and O–H groups in total. The van der Waals surface area contributed by atoms with E-state index in [2.05, 4.69) is 29.3 Å². The summed E-state index contributed by atoms with van der Waals surface area (Å²) in [7, 11) is 3.67. The summed E-state index contributed by atoms with van der Waals surface area (Å²) in [4.78, 5) is 2.32. The molecule has 0 saturated heterocycles. The molecule has 84 valence electrons. The molecule has 0 bridgehead atoms. The maximum atomic E-state index is 5.21. The van der Waals surface area contributed by atoms with Gasteiger partial charge in [-0.05, 0) is 26.1 Å². The van der Waals surface area contributed by atoms with Gasteiger partial charge >= 0.3 is 0 Å². The highest BCUT2D eigenvalue weighted by atomic mass is 16.5. The molecule has 0 aromatic heterocycles. The van der Waals surface area contributed by atoms with Gasteiger partial charge in [-0.1, -0.05) is 6.07 Å². The van der Waals surface area contributed by atoms with Crippen LogP contribution in [0.5, 0.6) is 5.75 Å². The maximum Gasteiger partial charge on any atom is 0.120 e. The normalized spacial score (nSPS) is 10.1. The Morgan fingerprint density at radius 2 is 2.20 bits per heavy atom. The van der Waals surface area contributed by atoms with Crippen LogP contribution in [0.25, 0.3) is 0 Å². The Morgan fingerprint density at radius 3 is 2.80 bits per heavy atom. The number of ether oxygens (including phenoxy) is 1. The maximum absolute atomic E-state index is 5.21. The standard InChI is InChI=1S/C12H20N2O/c1-4-14(9-8-13-2)11-6-5-7-12(10-11)15-3/h5-7,10,13H,4,8-9H2,1-3H3. The van der Waals surface area contributed by atoms with Gasteiger partial charge in [-0.15, -0.1) is 0 Å². The lowest BCUT2D eigenvalue weighted by Gasteiger charge is -2.23. The SMILES string of the molecule is CCN(CCNC)c1cccc(OC)c1. The molecule has 3 heteroatoms. The molecule has 0 aliphatic heterocycles. The molecule has 0 heterocycles. The number of benzene rings is 1. The summed E-state index contributed by atoms with van der Waals surface area (Å²) in [6.07, 6.45) is 0. The van der Waals surface area contributed by atoms with Gasteiger partial charge in [0.05, 0.1) is 7.11 Å². The van der Waals surface area contributed by atoms with Gasteiger partial charge in [0.1, 0.15) is 5.75 Å². The van der Waals surface area contributed by atoms with E-state index in [0.717, 1.165) is 25.4 Å². The number of nitrogens with zero attached hydrogens (tertiary/aromatic N) is 1. The van der Waals surface area contributed by atoms with Gasteiger partial charge in [-0.3, -0.25) is 0 Å². The summed E-state index contributed by atoms with van der Waals surface area (Å²) >= 11 is 0. The predicted octanol–water partition coefficient (Wildman–Crippen LogP) is 1.74. The molecule has 0 radical (unpaired) electrons. The monoisotopic (exact) mass is 208 g/mol. The Labute approximate surface area is 92.0 Å². The van der Waals surface area contributed by atoms with Crippen molar-refractivity contribution in [3.05, 3.63) is 24.3 Å². The first-order valence-corrected chi connectivity index (χ1v) is 5.35. The molecule has 1 aromatic carbocycles. The number of hydrogen-bond donors (Lipinski definition) is 1. The summed E-state index contributed by atoms with van der Waals surface area (Å²) in [5, 5.41) is 3.16. The van der Waals surface area contributed by atoms with Gasteiger partial charge in [-0.2, -0.15) is 0 Å². The van der Waals surface area contributed by atoms with Crippen LogP contribution in [-0.4, -0.2) is 33.8 Å². The minimum absolute atomic E-state index is 0.912. The van der Waals surface area contributed by atoms with Crippen molar-refractivity contribution in [2.45, 2.75) is 6.92 Å². The zero-order valence-electron chi connectivity index (χ0n) is 9.79. The van der Waals surface area contributed by atoms with Crippen LogP contribution in [-0.2, 0) is 0 Å². The van der Waals surface area contributed by atoms with Crippen molar-refractivity contribution in [3.8, 4) is 5.75 Å². The summed E-state index contributed by atoms with van der Waals surface area (Å²) in [5.74, 6) is 0.912. The van der Waals surface area contributed by atoms with Gasteiger partial charge in [0.15, 0.2) is 0 Å². The van der Waals surface area contributed by atoms with E-state index < -0.39 is 0 Å². The highest BCUT2D eigenvalue weighted by molar-refractivity contribution is 5.50. The summed E-state index contributed by atoms with van der Waals surface area (Å²) < 4.78 is 5.21. The highest BCUT2D eigenvalue weighted by Gasteiger charge is 2.03. The van der Waals surface area contributed by atoms with E-state index in [9.17, 15) is 0 Å². The van der Waals surface area contributed by atoms with Crippen LogP contribution in [0.4, 0.5) is 5.69 Å². The van der Waals surface area contributed by atoms with Crippen molar-refractivity contribution in [2.24, 2.45) is 0 Å². The fourth-order valence-electron chi connectivity index (χ4n) is 1.52. The first-order chi connectivity index (χ1) is 7.31. The Bertz CT molecular complexity index is 289. The lowest BCUT2D eigenvalue weighted by atomic mass is 10.2. The lowest BCUT2D eigenvalue weighted by molar-refractivity contribution is 0.415. The molecule has 0 aliphatic rings.